The van der Waals surface area contributed by atoms with E-state index >= 15 is 0 Å². The van der Waals surface area contributed by atoms with Crippen molar-refractivity contribution in [3.05, 3.63) is 59.2 Å². The minimum atomic E-state index is -0.668. The van der Waals surface area contributed by atoms with E-state index < -0.39 is 30.4 Å². The molecule has 1 aliphatic heterocycles. The lowest BCUT2D eigenvalue weighted by molar-refractivity contribution is -0.151. The van der Waals surface area contributed by atoms with Gasteiger partial charge in [-0.05, 0) is 54.7 Å². The molecule has 0 radical (unpaired) electrons. The molecular formula is C27H32N2O6. The molecule has 1 atom stereocenters. The standard InChI is InChI=1S/C27H32N2O6/c1-4-14-34-26(32)20-10-12-22(13-11-20)29-16-21(15-24(29)31)27(33)35-17-23(30)28-25-18(5-2)8-7-9-19(25)6-3/h7-13,21H,4-6,14-17H2,1-3H3,(H,28,30)/t21-/m0/s1. The first-order valence-corrected chi connectivity index (χ1v) is 12.0. The van der Waals surface area contributed by atoms with Crippen LogP contribution in [0.25, 0.3) is 0 Å². The second-order valence-corrected chi connectivity index (χ2v) is 8.40. The largest absolute Gasteiger partial charge is 0.462 e. The third kappa shape index (κ3) is 6.47. The van der Waals surface area contributed by atoms with Crippen molar-refractivity contribution < 1.29 is 28.7 Å². The van der Waals surface area contributed by atoms with E-state index in [-0.39, 0.29) is 18.9 Å². The zero-order chi connectivity index (χ0) is 25.4. The van der Waals surface area contributed by atoms with Gasteiger partial charge in [0.15, 0.2) is 6.61 Å². The molecule has 1 N–H and O–H groups in total. The number of nitrogens with zero attached hydrogens (tertiary/aromatic N) is 1. The topological polar surface area (TPSA) is 102 Å². The van der Waals surface area contributed by atoms with Crippen LogP contribution in [0.2, 0.25) is 0 Å². The molecule has 0 aliphatic carbocycles. The summed E-state index contributed by atoms with van der Waals surface area (Å²) in [5.74, 6) is -2.31. The van der Waals surface area contributed by atoms with Gasteiger partial charge in [0.05, 0.1) is 18.1 Å². The summed E-state index contributed by atoms with van der Waals surface area (Å²) >= 11 is 0. The molecule has 186 valence electrons. The molecule has 8 heteroatoms. The Morgan fingerprint density at radius 3 is 2.23 bits per heavy atom. The Bertz CT molecular complexity index is 1060. The monoisotopic (exact) mass is 480 g/mol. The third-order valence-electron chi connectivity index (χ3n) is 5.92. The first-order valence-electron chi connectivity index (χ1n) is 12.0. The summed E-state index contributed by atoms with van der Waals surface area (Å²) in [5.41, 5.74) is 3.78. The zero-order valence-electron chi connectivity index (χ0n) is 20.5. The number of carbonyl (C=O) groups excluding carboxylic acids is 4. The highest BCUT2D eigenvalue weighted by molar-refractivity contribution is 6.00. The van der Waals surface area contributed by atoms with E-state index in [2.05, 4.69) is 5.32 Å². The van der Waals surface area contributed by atoms with Gasteiger partial charge < -0.3 is 19.7 Å². The smallest absolute Gasteiger partial charge is 0.338 e. The van der Waals surface area contributed by atoms with E-state index in [0.717, 1.165) is 36.1 Å². The Kier molecular flexibility index (Phi) is 9.00. The van der Waals surface area contributed by atoms with Crippen molar-refractivity contribution >= 4 is 35.1 Å². The number of amides is 2. The number of ether oxygens (including phenoxy) is 2. The van der Waals surface area contributed by atoms with Gasteiger partial charge in [0, 0.05) is 24.3 Å². The van der Waals surface area contributed by atoms with Gasteiger partial charge in [0.1, 0.15) is 0 Å². The van der Waals surface area contributed by atoms with Crippen molar-refractivity contribution in [1.82, 2.24) is 0 Å². The van der Waals surface area contributed by atoms with Crippen LogP contribution in [0.3, 0.4) is 0 Å². The van der Waals surface area contributed by atoms with Gasteiger partial charge >= 0.3 is 11.9 Å². The van der Waals surface area contributed by atoms with Gasteiger partial charge in [-0.15, -0.1) is 0 Å². The van der Waals surface area contributed by atoms with Crippen molar-refractivity contribution in [2.24, 2.45) is 5.92 Å². The van der Waals surface area contributed by atoms with Crippen molar-refractivity contribution in [3.8, 4) is 0 Å². The Morgan fingerprint density at radius 1 is 0.971 bits per heavy atom. The van der Waals surface area contributed by atoms with E-state index in [1.807, 2.05) is 39.0 Å². The molecule has 1 aliphatic rings. The number of hydrogen-bond acceptors (Lipinski definition) is 6. The summed E-state index contributed by atoms with van der Waals surface area (Å²) in [5, 5.41) is 2.87. The van der Waals surface area contributed by atoms with Crippen molar-refractivity contribution in [1.29, 1.82) is 0 Å². The minimum Gasteiger partial charge on any atom is -0.462 e. The highest BCUT2D eigenvalue weighted by atomic mass is 16.5. The quantitative estimate of drug-likeness (QED) is 0.517. The van der Waals surface area contributed by atoms with E-state index in [4.69, 9.17) is 9.47 Å². The fourth-order valence-corrected chi connectivity index (χ4v) is 4.00. The van der Waals surface area contributed by atoms with Crippen LogP contribution in [-0.4, -0.2) is 43.5 Å². The molecular weight excluding hydrogens is 448 g/mol. The van der Waals surface area contributed by atoms with Gasteiger partial charge in [-0.1, -0.05) is 39.0 Å². The van der Waals surface area contributed by atoms with Crippen LogP contribution in [0.15, 0.2) is 42.5 Å². The number of esters is 2. The molecule has 1 heterocycles. The maximum absolute atomic E-state index is 12.6. The van der Waals surface area contributed by atoms with E-state index in [1.54, 1.807) is 24.3 Å². The van der Waals surface area contributed by atoms with Crippen molar-refractivity contribution in [3.63, 3.8) is 0 Å². The second kappa shape index (κ2) is 12.1. The lowest BCUT2D eigenvalue weighted by Gasteiger charge is -2.17. The number of para-hydroxylation sites is 1. The van der Waals surface area contributed by atoms with Crippen molar-refractivity contribution in [2.45, 2.75) is 46.5 Å². The van der Waals surface area contributed by atoms with E-state index in [1.165, 1.54) is 4.90 Å². The number of nitrogens with one attached hydrogen (secondary N) is 1. The summed E-state index contributed by atoms with van der Waals surface area (Å²) in [6, 6.07) is 12.4. The molecule has 0 unspecified atom stereocenters. The van der Waals surface area contributed by atoms with Crippen LogP contribution in [0.5, 0.6) is 0 Å². The van der Waals surface area contributed by atoms with Crippen LogP contribution in [0, 0.1) is 5.92 Å². The minimum absolute atomic E-state index is 0.000599. The normalized spacial score (nSPS) is 15.1. The molecule has 3 rings (SSSR count). The molecule has 1 saturated heterocycles. The molecule has 2 amide bonds. The first-order chi connectivity index (χ1) is 16.9. The molecule has 35 heavy (non-hydrogen) atoms. The summed E-state index contributed by atoms with van der Waals surface area (Å²) in [6.07, 6.45) is 2.27. The maximum atomic E-state index is 12.6. The summed E-state index contributed by atoms with van der Waals surface area (Å²) in [6.45, 7) is 6.02. The summed E-state index contributed by atoms with van der Waals surface area (Å²) < 4.78 is 10.3. The lowest BCUT2D eigenvalue weighted by Crippen LogP contribution is -2.28. The number of rotatable bonds is 10. The fraction of sp³-hybridized carbons (Fsp3) is 0.407. The Balaban J connectivity index is 1.55. The van der Waals surface area contributed by atoms with E-state index in [9.17, 15) is 19.2 Å². The highest BCUT2D eigenvalue weighted by Crippen LogP contribution is 2.27. The van der Waals surface area contributed by atoms with Crippen LogP contribution >= 0.6 is 0 Å². The first kappa shape index (κ1) is 25.9. The van der Waals surface area contributed by atoms with Crippen molar-refractivity contribution in [2.75, 3.05) is 30.0 Å². The molecule has 2 aromatic rings. The third-order valence-corrected chi connectivity index (χ3v) is 5.92. The van der Waals surface area contributed by atoms with Crippen LogP contribution in [0.4, 0.5) is 11.4 Å². The molecule has 0 saturated carbocycles. The van der Waals surface area contributed by atoms with Gasteiger partial charge in [-0.25, -0.2) is 4.79 Å². The predicted molar refractivity (Wildman–Crippen MR) is 132 cm³/mol. The van der Waals surface area contributed by atoms with Gasteiger partial charge in [0.25, 0.3) is 5.91 Å². The number of benzene rings is 2. The number of anilines is 2. The molecule has 0 bridgehead atoms. The highest BCUT2D eigenvalue weighted by Gasteiger charge is 2.36. The van der Waals surface area contributed by atoms with Gasteiger partial charge in [-0.2, -0.15) is 0 Å². The second-order valence-electron chi connectivity index (χ2n) is 8.40. The molecule has 8 nitrogen and oxygen atoms in total. The zero-order valence-corrected chi connectivity index (χ0v) is 20.5. The number of carbonyl (C=O) groups is 4. The summed E-state index contributed by atoms with van der Waals surface area (Å²) in [7, 11) is 0. The maximum Gasteiger partial charge on any atom is 0.338 e. The average Bonchev–Trinajstić information content (AvgIpc) is 3.27. The molecule has 1 fully saturated rings. The van der Waals surface area contributed by atoms with Crippen LogP contribution in [0.1, 0.15) is 55.1 Å². The molecule has 0 spiro atoms. The fourth-order valence-electron chi connectivity index (χ4n) is 4.00. The average molecular weight is 481 g/mol. The molecule has 0 aromatic heterocycles. The van der Waals surface area contributed by atoms with Crippen LogP contribution < -0.4 is 10.2 Å². The summed E-state index contributed by atoms with van der Waals surface area (Å²) in [4.78, 5) is 51.0. The Morgan fingerprint density at radius 2 is 1.63 bits per heavy atom. The Hall–Kier alpha value is -3.68. The number of hydrogen-bond donors (Lipinski definition) is 1. The van der Waals surface area contributed by atoms with Crippen LogP contribution in [-0.2, 0) is 36.7 Å². The van der Waals surface area contributed by atoms with Gasteiger partial charge in [0.2, 0.25) is 5.91 Å². The van der Waals surface area contributed by atoms with E-state index in [0.29, 0.717) is 17.9 Å². The SMILES string of the molecule is CCCOC(=O)c1ccc(N2C[C@@H](C(=O)OCC(=O)Nc3c(CC)cccc3CC)CC2=O)cc1. The Labute approximate surface area is 205 Å². The predicted octanol–water partition coefficient (Wildman–Crippen LogP) is 3.91. The number of aryl methyl sites for hydroxylation is 2. The van der Waals surface area contributed by atoms with Gasteiger partial charge in [-0.3, -0.25) is 14.4 Å². The molecule has 2 aromatic carbocycles. The lowest BCUT2D eigenvalue weighted by atomic mass is 10.0.